The third-order valence-corrected chi connectivity index (χ3v) is 5.13. The molecule has 2 heterocycles. The zero-order chi connectivity index (χ0) is 20.1. The monoisotopic (exact) mass is 399 g/mol. The van der Waals surface area contributed by atoms with Crippen LogP contribution in [-0.2, 0) is 22.5 Å². The molecule has 1 amide bonds. The number of aryl methyl sites for hydroxylation is 1. The number of thiophene rings is 1. The number of ether oxygens (including phenoxy) is 1. The fourth-order valence-corrected chi connectivity index (χ4v) is 3.97. The molecule has 2 aromatic heterocycles. The van der Waals surface area contributed by atoms with Gasteiger partial charge >= 0.3 is 5.97 Å². The number of hydrogen-bond acceptors (Lipinski definition) is 7. The second kappa shape index (κ2) is 8.75. The summed E-state index contributed by atoms with van der Waals surface area (Å²) in [7, 11) is 0. The molecule has 146 valence electrons. The van der Waals surface area contributed by atoms with E-state index in [-0.39, 0.29) is 19.1 Å². The van der Waals surface area contributed by atoms with Crippen LogP contribution in [0.25, 0.3) is 11.4 Å². The van der Waals surface area contributed by atoms with E-state index in [1.807, 2.05) is 44.2 Å². The minimum Gasteiger partial charge on any atom is -0.462 e. The Labute approximate surface area is 166 Å². The van der Waals surface area contributed by atoms with Crippen LogP contribution in [0.1, 0.15) is 34.6 Å². The minimum absolute atomic E-state index is 0.111. The molecule has 1 N–H and O–H groups in total. The average Bonchev–Trinajstić information content (AvgIpc) is 3.26. The zero-order valence-corrected chi connectivity index (χ0v) is 16.7. The fraction of sp³-hybridized carbons (Fsp3) is 0.316. The summed E-state index contributed by atoms with van der Waals surface area (Å²) < 4.78 is 5.15. The topological polar surface area (TPSA) is 99.0 Å². The van der Waals surface area contributed by atoms with Crippen LogP contribution in [0.2, 0.25) is 0 Å². The van der Waals surface area contributed by atoms with Gasteiger partial charge in [-0.05, 0) is 31.0 Å². The third kappa shape index (κ3) is 4.25. The second-order valence-corrected chi connectivity index (χ2v) is 7.20. The lowest BCUT2D eigenvalue weighted by Gasteiger charge is -2.07. The summed E-state index contributed by atoms with van der Waals surface area (Å²) in [6.45, 7) is 5.80. The Morgan fingerprint density at radius 1 is 1.21 bits per heavy atom. The molecule has 3 rings (SSSR count). The predicted octanol–water partition coefficient (Wildman–Crippen LogP) is 3.09. The highest BCUT2D eigenvalue weighted by Gasteiger charge is 2.23. The molecule has 0 spiro atoms. The number of aromatic nitrogens is 4. The Hall–Kier alpha value is -3.07. The highest BCUT2D eigenvalue weighted by atomic mass is 32.1. The molecule has 0 radical (unpaired) electrons. The molecule has 0 saturated carbocycles. The van der Waals surface area contributed by atoms with Crippen molar-refractivity contribution < 1.29 is 14.3 Å². The van der Waals surface area contributed by atoms with Gasteiger partial charge in [-0.25, -0.2) is 4.79 Å². The lowest BCUT2D eigenvalue weighted by molar-refractivity contribution is -0.117. The number of anilines is 1. The van der Waals surface area contributed by atoms with Crippen molar-refractivity contribution in [2.75, 3.05) is 11.9 Å². The molecule has 9 heteroatoms. The molecule has 0 bridgehead atoms. The van der Waals surface area contributed by atoms with Gasteiger partial charge in [0.15, 0.2) is 0 Å². The first-order valence-corrected chi connectivity index (χ1v) is 9.77. The van der Waals surface area contributed by atoms with E-state index in [9.17, 15) is 9.59 Å². The van der Waals surface area contributed by atoms with Gasteiger partial charge in [0, 0.05) is 10.4 Å². The molecular formula is C19H21N5O3S. The van der Waals surface area contributed by atoms with Crippen LogP contribution >= 0.6 is 11.3 Å². The number of nitrogens with zero attached hydrogens (tertiary/aromatic N) is 4. The molecule has 0 saturated heterocycles. The molecule has 0 fully saturated rings. The van der Waals surface area contributed by atoms with E-state index in [2.05, 4.69) is 20.7 Å². The summed E-state index contributed by atoms with van der Waals surface area (Å²) >= 11 is 1.36. The van der Waals surface area contributed by atoms with E-state index in [4.69, 9.17) is 4.74 Å². The van der Waals surface area contributed by atoms with Gasteiger partial charge in [-0.15, -0.1) is 21.5 Å². The van der Waals surface area contributed by atoms with Crippen LogP contribution in [0.4, 0.5) is 5.00 Å². The number of tetrazole rings is 1. The normalized spacial score (nSPS) is 10.7. The van der Waals surface area contributed by atoms with E-state index < -0.39 is 5.97 Å². The molecule has 28 heavy (non-hydrogen) atoms. The first-order chi connectivity index (χ1) is 13.5. The van der Waals surface area contributed by atoms with Gasteiger partial charge in [0.05, 0.1) is 12.2 Å². The van der Waals surface area contributed by atoms with Crippen LogP contribution in [0, 0.1) is 6.92 Å². The standard InChI is InChI=1S/C19H21N5O3S/c1-4-14-12(3)28-18(16(14)19(26)27-5-2)20-15(25)11-24-22-17(21-23-24)13-9-7-6-8-10-13/h6-10H,4-5,11H2,1-3H3,(H,20,25). The van der Waals surface area contributed by atoms with Gasteiger partial charge in [0.1, 0.15) is 11.5 Å². The van der Waals surface area contributed by atoms with Gasteiger partial charge in [0.2, 0.25) is 11.7 Å². The molecule has 3 aromatic rings. The molecule has 0 aliphatic carbocycles. The molecular weight excluding hydrogens is 378 g/mol. The maximum atomic E-state index is 12.5. The van der Waals surface area contributed by atoms with Crippen LogP contribution in [-0.4, -0.2) is 38.7 Å². The zero-order valence-electron chi connectivity index (χ0n) is 15.9. The number of carbonyl (C=O) groups is 2. The highest BCUT2D eigenvalue weighted by Crippen LogP contribution is 2.34. The summed E-state index contributed by atoms with van der Waals surface area (Å²) in [6.07, 6.45) is 0.678. The summed E-state index contributed by atoms with van der Waals surface area (Å²) in [5, 5.41) is 15.4. The summed E-state index contributed by atoms with van der Waals surface area (Å²) in [5.41, 5.74) is 2.14. The summed E-state index contributed by atoms with van der Waals surface area (Å²) in [4.78, 5) is 27.0. The van der Waals surface area contributed by atoms with E-state index in [0.717, 1.165) is 16.0 Å². The van der Waals surface area contributed by atoms with Crippen molar-refractivity contribution in [2.45, 2.75) is 33.7 Å². The largest absolute Gasteiger partial charge is 0.462 e. The van der Waals surface area contributed by atoms with Crippen molar-refractivity contribution in [2.24, 2.45) is 0 Å². The van der Waals surface area contributed by atoms with Gasteiger partial charge < -0.3 is 10.1 Å². The van der Waals surface area contributed by atoms with Crippen LogP contribution in [0.15, 0.2) is 30.3 Å². The molecule has 0 aliphatic rings. The van der Waals surface area contributed by atoms with Gasteiger partial charge in [-0.1, -0.05) is 37.3 Å². The smallest absolute Gasteiger partial charge is 0.341 e. The van der Waals surface area contributed by atoms with Gasteiger partial charge in [0.25, 0.3) is 0 Å². The average molecular weight is 399 g/mol. The van der Waals surface area contributed by atoms with Crippen LogP contribution in [0.3, 0.4) is 0 Å². The Morgan fingerprint density at radius 3 is 2.64 bits per heavy atom. The number of nitrogens with one attached hydrogen (secondary N) is 1. The maximum Gasteiger partial charge on any atom is 0.341 e. The van der Waals surface area contributed by atoms with Gasteiger partial charge in [-0.3, -0.25) is 4.79 Å². The number of esters is 1. The quantitative estimate of drug-likeness (QED) is 0.613. The number of amides is 1. The van der Waals surface area contributed by atoms with E-state index >= 15 is 0 Å². The lowest BCUT2D eigenvalue weighted by atomic mass is 10.1. The fourth-order valence-electron chi connectivity index (χ4n) is 2.82. The third-order valence-electron chi connectivity index (χ3n) is 4.06. The molecule has 0 aliphatic heterocycles. The molecule has 1 aromatic carbocycles. The summed E-state index contributed by atoms with van der Waals surface area (Å²) in [5.74, 6) is -0.323. The first kappa shape index (κ1) is 19.7. The minimum atomic E-state index is -0.427. The van der Waals surface area contributed by atoms with Crippen molar-refractivity contribution in [3.05, 3.63) is 46.3 Å². The van der Waals surface area contributed by atoms with Crippen LogP contribution in [0.5, 0.6) is 0 Å². The lowest BCUT2D eigenvalue weighted by Crippen LogP contribution is -2.21. The van der Waals surface area contributed by atoms with Crippen molar-refractivity contribution in [3.63, 3.8) is 0 Å². The molecule has 0 atom stereocenters. The highest BCUT2D eigenvalue weighted by molar-refractivity contribution is 7.16. The summed E-state index contributed by atoms with van der Waals surface area (Å²) in [6, 6.07) is 9.39. The predicted molar refractivity (Wildman–Crippen MR) is 106 cm³/mol. The molecule has 0 unspecified atom stereocenters. The number of rotatable bonds is 7. The van der Waals surface area contributed by atoms with E-state index in [1.165, 1.54) is 16.1 Å². The Morgan fingerprint density at radius 2 is 1.96 bits per heavy atom. The van der Waals surface area contributed by atoms with Crippen molar-refractivity contribution in [1.82, 2.24) is 20.2 Å². The number of benzene rings is 1. The first-order valence-electron chi connectivity index (χ1n) is 8.95. The van der Waals surface area contributed by atoms with Crippen molar-refractivity contribution in [1.29, 1.82) is 0 Å². The SMILES string of the molecule is CCOC(=O)c1c(NC(=O)Cn2nnc(-c3ccccc3)n2)sc(C)c1CC. The maximum absolute atomic E-state index is 12.5. The number of hydrogen-bond donors (Lipinski definition) is 1. The van der Waals surface area contributed by atoms with E-state index in [0.29, 0.717) is 22.8 Å². The van der Waals surface area contributed by atoms with Crippen LogP contribution < -0.4 is 5.32 Å². The van der Waals surface area contributed by atoms with E-state index in [1.54, 1.807) is 6.92 Å². The Balaban J connectivity index is 1.75. The Bertz CT molecular complexity index is 981. The number of carbonyl (C=O) groups excluding carboxylic acids is 2. The Kier molecular flexibility index (Phi) is 6.15. The van der Waals surface area contributed by atoms with Gasteiger partial charge in [-0.2, -0.15) is 4.80 Å². The van der Waals surface area contributed by atoms with Crippen molar-refractivity contribution >= 4 is 28.2 Å². The molecule has 8 nitrogen and oxygen atoms in total. The van der Waals surface area contributed by atoms with Crippen molar-refractivity contribution in [3.8, 4) is 11.4 Å². The second-order valence-electron chi connectivity index (χ2n) is 5.97.